The van der Waals surface area contributed by atoms with Crippen molar-refractivity contribution in [2.75, 3.05) is 0 Å². The summed E-state index contributed by atoms with van der Waals surface area (Å²) >= 11 is 0. The zero-order valence-electron chi connectivity index (χ0n) is 20.7. The molecule has 2 aromatic carbocycles. The molecule has 0 unspecified atom stereocenters. The van der Waals surface area contributed by atoms with Gasteiger partial charge in [0.1, 0.15) is 28.5 Å². The number of carboxylic acid groups (broad SMARTS) is 1. The van der Waals surface area contributed by atoms with Crippen molar-refractivity contribution in [3.8, 4) is 17.2 Å². The second kappa shape index (κ2) is 11.6. The van der Waals surface area contributed by atoms with Crippen LogP contribution in [0.25, 0.3) is 0 Å². The zero-order chi connectivity index (χ0) is 28.1. The Morgan fingerprint density at radius 3 is 2.18 bits per heavy atom. The van der Waals surface area contributed by atoms with Gasteiger partial charge in [0.2, 0.25) is 0 Å². The molecule has 2 aliphatic rings. The van der Waals surface area contributed by atoms with Crippen LogP contribution in [0.3, 0.4) is 0 Å². The van der Waals surface area contributed by atoms with Crippen molar-refractivity contribution in [3.63, 3.8) is 0 Å². The van der Waals surface area contributed by atoms with E-state index in [0.717, 1.165) is 12.1 Å². The lowest BCUT2D eigenvalue weighted by Gasteiger charge is -2.27. The highest BCUT2D eigenvalue weighted by atomic mass is 16.5. The minimum absolute atomic E-state index is 0.0148. The number of ether oxygens (including phenoxy) is 1. The SMILES string of the molecule is O=C(NC1=CN=CCC=C1OC(=O)c1cc(O)c(C(=O)[C@@H]2CCCC[C@@H]2C(=O)O)c(O)c1)c1ccc(O)cc1. The molecular formula is C28H26N2O9. The maximum atomic E-state index is 13.1. The van der Waals surface area contributed by atoms with Crippen LogP contribution in [0, 0.1) is 11.8 Å². The molecule has 2 aromatic rings. The van der Waals surface area contributed by atoms with Crippen LogP contribution in [0.4, 0.5) is 0 Å². The van der Waals surface area contributed by atoms with Crippen LogP contribution in [0.5, 0.6) is 17.2 Å². The Labute approximate surface area is 222 Å². The average molecular weight is 535 g/mol. The summed E-state index contributed by atoms with van der Waals surface area (Å²) in [5.74, 6) is -6.65. The van der Waals surface area contributed by atoms with Gasteiger partial charge in [0.25, 0.3) is 5.91 Å². The monoisotopic (exact) mass is 534 g/mol. The summed E-state index contributed by atoms with van der Waals surface area (Å²) in [5, 5.41) is 42.6. The number of phenols is 3. The number of aliphatic imine (C=N–C) groups is 1. The molecule has 1 heterocycles. The normalized spacial score (nSPS) is 18.8. The fourth-order valence-electron chi connectivity index (χ4n) is 4.59. The van der Waals surface area contributed by atoms with E-state index in [9.17, 15) is 39.6 Å². The van der Waals surface area contributed by atoms with Gasteiger partial charge >= 0.3 is 11.9 Å². The van der Waals surface area contributed by atoms with E-state index < -0.39 is 52.5 Å². The molecule has 39 heavy (non-hydrogen) atoms. The average Bonchev–Trinajstić information content (AvgIpc) is 3.13. The van der Waals surface area contributed by atoms with E-state index >= 15 is 0 Å². The molecular weight excluding hydrogens is 508 g/mol. The second-order valence-electron chi connectivity index (χ2n) is 9.16. The lowest BCUT2D eigenvalue weighted by atomic mass is 9.75. The molecule has 0 saturated heterocycles. The van der Waals surface area contributed by atoms with Gasteiger partial charge in [-0.25, -0.2) is 4.79 Å². The van der Waals surface area contributed by atoms with E-state index in [0.29, 0.717) is 25.7 Å². The highest BCUT2D eigenvalue weighted by Gasteiger charge is 2.38. The molecule has 0 bridgehead atoms. The first-order valence-corrected chi connectivity index (χ1v) is 12.2. The molecule has 1 fully saturated rings. The Balaban J connectivity index is 1.52. The highest BCUT2D eigenvalue weighted by Crippen LogP contribution is 2.38. The minimum atomic E-state index is -1.12. The third-order valence-corrected chi connectivity index (χ3v) is 6.56. The summed E-state index contributed by atoms with van der Waals surface area (Å²) in [6.07, 6.45) is 6.48. The predicted molar refractivity (Wildman–Crippen MR) is 137 cm³/mol. The fourth-order valence-corrected chi connectivity index (χ4v) is 4.59. The largest absolute Gasteiger partial charge is 0.508 e. The smallest absolute Gasteiger partial charge is 0.343 e. The van der Waals surface area contributed by atoms with Gasteiger partial charge in [-0.1, -0.05) is 12.8 Å². The Bertz CT molecular complexity index is 1380. The minimum Gasteiger partial charge on any atom is -0.508 e. The third kappa shape index (κ3) is 6.15. The number of aliphatic carboxylic acids is 1. The lowest BCUT2D eigenvalue weighted by molar-refractivity contribution is -0.144. The number of nitrogens with one attached hydrogen (secondary N) is 1. The number of rotatable bonds is 7. The molecule has 11 heteroatoms. The second-order valence-corrected chi connectivity index (χ2v) is 9.16. The number of hydrogen-bond acceptors (Lipinski definition) is 9. The number of aromatic hydroxyl groups is 3. The van der Waals surface area contributed by atoms with Gasteiger partial charge < -0.3 is 30.5 Å². The van der Waals surface area contributed by atoms with Crippen LogP contribution in [0.15, 0.2) is 65.1 Å². The number of amides is 1. The summed E-state index contributed by atoms with van der Waals surface area (Å²) in [5.41, 5.74) is -0.443. The Kier molecular flexibility index (Phi) is 8.09. The van der Waals surface area contributed by atoms with Crippen molar-refractivity contribution in [1.29, 1.82) is 0 Å². The van der Waals surface area contributed by atoms with Crippen molar-refractivity contribution < 1.29 is 44.3 Å². The number of hydrogen-bond donors (Lipinski definition) is 5. The van der Waals surface area contributed by atoms with Crippen molar-refractivity contribution in [2.24, 2.45) is 16.8 Å². The van der Waals surface area contributed by atoms with Crippen LogP contribution in [0.1, 0.15) is 63.2 Å². The number of allylic oxidation sites excluding steroid dienone is 1. The van der Waals surface area contributed by atoms with Gasteiger partial charge in [0, 0.05) is 24.1 Å². The van der Waals surface area contributed by atoms with Gasteiger partial charge in [-0.15, -0.1) is 0 Å². The molecule has 2 atom stereocenters. The van der Waals surface area contributed by atoms with Gasteiger partial charge in [-0.3, -0.25) is 19.4 Å². The van der Waals surface area contributed by atoms with Crippen LogP contribution in [-0.4, -0.2) is 50.3 Å². The van der Waals surface area contributed by atoms with E-state index in [1.165, 1.54) is 42.8 Å². The van der Waals surface area contributed by atoms with Crippen molar-refractivity contribution in [3.05, 3.63) is 76.8 Å². The zero-order valence-corrected chi connectivity index (χ0v) is 20.7. The molecule has 0 radical (unpaired) electrons. The van der Waals surface area contributed by atoms with E-state index in [1.807, 2.05) is 0 Å². The molecule has 1 amide bonds. The molecule has 1 aliphatic carbocycles. The predicted octanol–water partition coefficient (Wildman–Crippen LogP) is 3.66. The molecule has 4 rings (SSSR count). The molecule has 1 saturated carbocycles. The standard InChI is InChI=1S/C28H26N2O9/c31-17-9-7-15(8-10-17)26(35)30-20-14-29-11-3-6-23(20)39-28(38)16-12-21(32)24(22(33)13-16)25(34)18-4-1-2-5-19(18)27(36)37/h6-14,18-19,31-33H,1-5H2,(H,30,35)(H,36,37)/t18-,19+/m1/s1. The Morgan fingerprint density at radius 2 is 1.54 bits per heavy atom. The summed E-state index contributed by atoms with van der Waals surface area (Å²) in [6.45, 7) is 0. The van der Waals surface area contributed by atoms with E-state index in [-0.39, 0.29) is 34.8 Å². The first-order chi connectivity index (χ1) is 18.7. The summed E-state index contributed by atoms with van der Waals surface area (Å²) < 4.78 is 5.44. The maximum Gasteiger partial charge on any atom is 0.343 e. The molecule has 1 aliphatic heterocycles. The summed E-state index contributed by atoms with van der Waals surface area (Å²) in [7, 11) is 0. The third-order valence-electron chi connectivity index (χ3n) is 6.56. The first kappa shape index (κ1) is 27.1. The van der Waals surface area contributed by atoms with Crippen LogP contribution >= 0.6 is 0 Å². The lowest BCUT2D eigenvalue weighted by Crippen LogP contribution is -2.32. The van der Waals surface area contributed by atoms with Gasteiger partial charge in [0.05, 0.1) is 17.7 Å². The number of Topliss-reactive ketones (excluding diaryl/α,β-unsaturated/α-hetero) is 1. The molecule has 202 valence electrons. The summed E-state index contributed by atoms with van der Waals surface area (Å²) in [6, 6.07) is 7.41. The number of ketones is 1. The van der Waals surface area contributed by atoms with Gasteiger partial charge in [0.15, 0.2) is 11.5 Å². The number of benzene rings is 2. The highest BCUT2D eigenvalue weighted by molar-refractivity contribution is 6.05. The Hall–Kier alpha value is -4.93. The topological polar surface area (TPSA) is 183 Å². The Morgan fingerprint density at radius 1 is 0.897 bits per heavy atom. The fraction of sp³-hybridized carbons (Fsp3) is 0.250. The van der Waals surface area contributed by atoms with Crippen molar-refractivity contribution in [1.82, 2.24) is 5.32 Å². The number of carbonyl (C=O) groups excluding carboxylic acids is 3. The van der Waals surface area contributed by atoms with E-state index in [1.54, 1.807) is 0 Å². The molecule has 0 aromatic heterocycles. The quantitative estimate of drug-likeness (QED) is 0.261. The van der Waals surface area contributed by atoms with Crippen LogP contribution in [0.2, 0.25) is 0 Å². The van der Waals surface area contributed by atoms with Gasteiger partial charge in [-0.05, 0) is 55.3 Å². The number of phenolic OH excluding ortho intramolecular Hbond substituents is 3. The maximum absolute atomic E-state index is 13.1. The number of nitrogens with zero attached hydrogens (tertiary/aromatic N) is 1. The van der Waals surface area contributed by atoms with Crippen molar-refractivity contribution in [2.45, 2.75) is 32.1 Å². The van der Waals surface area contributed by atoms with Crippen LogP contribution in [-0.2, 0) is 9.53 Å². The van der Waals surface area contributed by atoms with E-state index in [4.69, 9.17) is 4.74 Å². The van der Waals surface area contributed by atoms with E-state index in [2.05, 4.69) is 10.3 Å². The molecule has 11 nitrogen and oxygen atoms in total. The van der Waals surface area contributed by atoms with Crippen molar-refractivity contribution >= 4 is 29.8 Å². The number of carboxylic acids is 1. The number of carbonyl (C=O) groups is 4. The first-order valence-electron chi connectivity index (χ1n) is 12.2. The molecule has 0 spiro atoms. The number of esters is 1. The molecule has 5 N–H and O–H groups in total. The summed E-state index contributed by atoms with van der Waals surface area (Å²) in [4.78, 5) is 54.3. The van der Waals surface area contributed by atoms with Gasteiger partial charge in [-0.2, -0.15) is 0 Å². The van der Waals surface area contributed by atoms with Crippen LogP contribution < -0.4 is 5.32 Å².